The van der Waals surface area contributed by atoms with Gasteiger partial charge in [-0.05, 0) is 25.8 Å². The first-order chi connectivity index (χ1) is 14.7. The molecule has 1 saturated carbocycles. The molecule has 0 aromatic carbocycles. The van der Waals surface area contributed by atoms with Gasteiger partial charge in [-0.1, -0.05) is 0 Å². The van der Waals surface area contributed by atoms with Gasteiger partial charge in [0.15, 0.2) is 0 Å². The SMILES string of the molecule is Cc1cnc2ncc(-c3ccn4nc(NC5CC(N6CCOCC6)C5)ncc34)cn12. The van der Waals surface area contributed by atoms with Gasteiger partial charge in [-0.3, -0.25) is 9.30 Å². The van der Waals surface area contributed by atoms with E-state index in [1.807, 2.05) is 40.6 Å². The summed E-state index contributed by atoms with van der Waals surface area (Å²) < 4.78 is 9.33. The van der Waals surface area contributed by atoms with Gasteiger partial charge in [0.05, 0.1) is 31.1 Å². The van der Waals surface area contributed by atoms with Crippen LogP contribution in [0.3, 0.4) is 0 Å². The fraction of sp³-hybridized carbons (Fsp3) is 0.429. The predicted octanol–water partition coefficient (Wildman–Crippen LogP) is 2.02. The minimum atomic E-state index is 0.432. The van der Waals surface area contributed by atoms with Gasteiger partial charge in [0.1, 0.15) is 0 Å². The molecule has 4 aromatic rings. The van der Waals surface area contributed by atoms with Crippen molar-refractivity contribution in [1.29, 1.82) is 0 Å². The third kappa shape index (κ3) is 3.01. The Hall–Kier alpha value is -3.04. The molecule has 154 valence electrons. The fourth-order valence-corrected chi connectivity index (χ4v) is 4.47. The van der Waals surface area contributed by atoms with E-state index in [1.54, 1.807) is 0 Å². The monoisotopic (exact) mass is 404 g/mol. The lowest BCUT2D eigenvalue weighted by molar-refractivity contribution is -0.00443. The molecule has 0 bridgehead atoms. The van der Waals surface area contributed by atoms with Gasteiger partial charge in [-0.15, -0.1) is 5.10 Å². The Balaban J connectivity index is 1.19. The molecule has 6 rings (SSSR count). The van der Waals surface area contributed by atoms with Gasteiger partial charge in [0.25, 0.3) is 0 Å². The third-order valence-electron chi connectivity index (χ3n) is 6.29. The van der Waals surface area contributed by atoms with Crippen LogP contribution >= 0.6 is 0 Å². The average Bonchev–Trinajstić information content (AvgIpc) is 3.34. The van der Waals surface area contributed by atoms with Gasteiger partial charge in [0, 0.05) is 60.6 Å². The lowest BCUT2D eigenvalue weighted by atomic mass is 9.85. The van der Waals surface area contributed by atoms with Crippen LogP contribution in [-0.2, 0) is 4.74 Å². The Kier molecular flexibility index (Phi) is 4.17. The average molecular weight is 404 g/mol. The summed E-state index contributed by atoms with van der Waals surface area (Å²) in [6.07, 6.45) is 11.9. The molecule has 0 radical (unpaired) electrons. The topological polar surface area (TPSA) is 84.9 Å². The van der Waals surface area contributed by atoms with Crippen molar-refractivity contribution >= 4 is 17.2 Å². The number of fused-ring (bicyclic) bond motifs is 2. The van der Waals surface area contributed by atoms with E-state index in [0.29, 0.717) is 23.8 Å². The highest BCUT2D eigenvalue weighted by Gasteiger charge is 2.34. The van der Waals surface area contributed by atoms with Crippen LogP contribution in [0, 0.1) is 6.92 Å². The van der Waals surface area contributed by atoms with Crippen molar-refractivity contribution in [3.05, 3.63) is 42.7 Å². The van der Waals surface area contributed by atoms with Crippen molar-refractivity contribution in [2.75, 3.05) is 31.6 Å². The zero-order chi connectivity index (χ0) is 20.1. The van der Waals surface area contributed by atoms with E-state index in [2.05, 4.69) is 42.5 Å². The third-order valence-corrected chi connectivity index (χ3v) is 6.29. The summed E-state index contributed by atoms with van der Waals surface area (Å²) in [6.45, 7) is 5.82. The maximum absolute atomic E-state index is 5.45. The zero-order valence-electron chi connectivity index (χ0n) is 16.9. The van der Waals surface area contributed by atoms with E-state index >= 15 is 0 Å². The molecular formula is C21H24N8O. The number of nitrogens with zero attached hydrogens (tertiary/aromatic N) is 7. The Morgan fingerprint density at radius 2 is 1.90 bits per heavy atom. The van der Waals surface area contributed by atoms with Crippen molar-refractivity contribution in [3.8, 4) is 11.1 Å². The molecule has 30 heavy (non-hydrogen) atoms. The highest BCUT2D eigenvalue weighted by molar-refractivity contribution is 5.79. The Bertz CT molecular complexity index is 1200. The Labute approximate surface area is 173 Å². The van der Waals surface area contributed by atoms with Crippen LogP contribution in [0.1, 0.15) is 18.5 Å². The van der Waals surface area contributed by atoms with Gasteiger partial charge >= 0.3 is 0 Å². The van der Waals surface area contributed by atoms with Crippen molar-refractivity contribution in [3.63, 3.8) is 0 Å². The van der Waals surface area contributed by atoms with Gasteiger partial charge < -0.3 is 10.1 Å². The number of rotatable bonds is 4. The maximum Gasteiger partial charge on any atom is 0.241 e. The molecule has 0 unspecified atom stereocenters. The molecule has 9 nitrogen and oxygen atoms in total. The molecule has 1 aliphatic heterocycles. The molecule has 5 heterocycles. The van der Waals surface area contributed by atoms with Crippen molar-refractivity contribution in [2.24, 2.45) is 0 Å². The molecule has 1 N–H and O–H groups in total. The highest BCUT2D eigenvalue weighted by atomic mass is 16.5. The summed E-state index contributed by atoms with van der Waals surface area (Å²) in [5.74, 6) is 1.38. The zero-order valence-corrected chi connectivity index (χ0v) is 16.9. The van der Waals surface area contributed by atoms with E-state index in [-0.39, 0.29) is 0 Å². The minimum absolute atomic E-state index is 0.432. The molecule has 0 amide bonds. The number of anilines is 1. The van der Waals surface area contributed by atoms with Crippen LogP contribution in [0.2, 0.25) is 0 Å². The van der Waals surface area contributed by atoms with Crippen LogP contribution in [0.4, 0.5) is 5.95 Å². The summed E-state index contributed by atoms with van der Waals surface area (Å²) in [7, 11) is 0. The number of hydrogen-bond donors (Lipinski definition) is 1. The number of imidazole rings is 1. The van der Waals surface area contributed by atoms with E-state index in [9.17, 15) is 0 Å². The highest BCUT2D eigenvalue weighted by Crippen LogP contribution is 2.29. The van der Waals surface area contributed by atoms with E-state index < -0.39 is 0 Å². The summed E-state index contributed by atoms with van der Waals surface area (Å²) in [6, 6.07) is 3.14. The van der Waals surface area contributed by atoms with Crippen molar-refractivity contribution in [1.82, 2.24) is 33.9 Å². The fourth-order valence-electron chi connectivity index (χ4n) is 4.47. The quantitative estimate of drug-likeness (QED) is 0.557. The van der Waals surface area contributed by atoms with E-state index in [0.717, 1.165) is 61.5 Å². The second kappa shape index (κ2) is 7.03. The van der Waals surface area contributed by atoms with Gasteiger partial charge in [-0.25, -0.2) is 19.5 Å². The number of aryl methyl sites for hydroxylation is 1. The molecule has 2 fully saturated rings. The summed E-state index contributed by atoms with van der Waals surface area (Å²) in [4.78, 5) is 15.9. The molecule has 9 heteroatoms. The second-order valence-electron chi connectivity index (χ2n) is 8.17. The van der Waals surface area contributed by atoms with Crippen molar-refractivity contribution < 1.29 is 4.74 Å². The molecular weight excluding hydrogens is 380 g/mol. The van der Waals surface area contributed by atoms with Crippen molar-refractivity contribution in [2.45, 2.75) is 31.8 Å². The van der Waals surface area contributed by atoms with E-state index in [1.165, 1.54) is 0 Å². The molecule has 4 aromatic heterocycles. The van der Waals surface area contributed by atoms with Crippen LogP contribution < -0.4 is 5.32 Å². The van der Waals surface area contributed by atoms with Crippen LogP contribution in [-0.4, -0.2) is 72.3 Å². The first-order valence-electron chi connectivity index (χ1n) is 10.5. The molecule has 1 aliphatic carbocycles. The normalized spacial score (nSPS) is 22.4. The number of aromatic nitrogens is 6. The number of nitrogens with one attached hydrogen (secondary N) is 1. The first kappa shape index (κ1) is 17.8. The Morgan fingerprint density at radius 3 is 2.77 bits per heavy atom. The summed E-state index contributed by atoms with van der Waals surface area (Å²) >= 11 is 0. The standard InChI is InChI=1S/C21H24N8O/c1-14-10-23-21-24-11-15(13-28(14)21)18-2-3-29-19(18)12-22-20(26-29)25-16-8-17(9-16)27-4-6-30-7-5-27/h2-3,10-13,16-17H,4-9H2,1H3,(H,25,26). The summed E-state index contributed by atoms with van der Waals surface area (Å²) in [5.41, 5.74) is 4.09. The number of ether oxygens (including phenoxy) is 1. The lowest BCUT2D eigenvalue weighted by Crippen LogP contribution is -2.53. The van der Waals surface area contributed by atoms with Gasteiger partial charge in [0.2, 0.25) is 11.7 Å². The summed E-state index contributed by atoms with van der Waals surface area (Å²) in [5, 5.41) is 8.16. The van der Waals surface area contributed by atoms with E-state index in [4.69, 9.17) is 4.74 Å². The second-order valence-corrected chi connectivity index (χ2v) is 8.17. The van der Waals surface area contributed by atoms with Gasteiger partial charge in [-0.2, -0.15) is 0 Å². The number of morpholine rings is 1. The number of hydrogen-bond acceptors (Lipinski definition) is 7. The predicted molar refractivity (Wildman–Crippen MR) is 113 cm³/mol. The largest absolute Gasteiger partial charge is 0.379 e. The first-order valence-corrected chi connectivity index (χ1v) is 10.5. The minimum Gasteiger partial charge on any atom is -0.379 e. The van der Waals surface area contributed by atoms with Crippen LogP contribution in [0.25, 0.3) is 22.4 Å². The molecule has 2 aliphatic rings. The Morgan fingerprint density at radius 1 is 1.07 bits per heavy atom. The van der Waals surface area contributed by atoms with Crippen LogP contribution in [0.15, 0.2) is 37.1 Å². The molecule has 0 atom stereocenters. The molecule has 1 saturated heterocycles. The van der Waals surface area contributed by atoms with Crippen LogP contribution in [0.5, 0.6) is 0 Å². The molecule has 0 spiro atoms. The smallest absolute Gasteiger partial charge is 0.241 e. The lowest BCUT2D eigenvalue weighted by Gasteiger charge is -2.44. The maximum atomic E-state index is 5.45.